The molecule has 0 spiro atoms. The van der Waals surface area contributed by atoms with Crippen LogP contribution in [0.3, 0.4) is 0 Å². The van der Waals surface area contributed by atoms with Crippen molar-refractivity contribution in [2.24, 2.45) is 0 Å². The van der Waals surface area contributed by atoms with Gasteiger partial charge in [0.15, 0.2) is 5.78 Å². The summed E-state index contributed by atoms with van der Waals surface area (Å²) in [5, 5.41) is 0.890. The third kappa shape index (κ3) is 3.39. The van der Waals surface area contributed by atoms with Gasteiger partial charge in [0.2, 0.25) is 0 Å². The first-order valence-corrected chi connectivity index (χ1v) is 5.93. The van der Waals surface area contributed by atoms with Gasteiger partial charge in [-0.05, 0) is 27.7 Å². The largest absolute Gasteiger partial charge is 0.371 e. The number of ketones is 1. The summed E-state index contributed by atoms with van der Waals surface area (Å²) in [4.78, 5) is 17.2. The summed E-state index contributed by atoms with van der Waals surface area (Å²) in [6, 6.07) is 0. The predicted octanol–water partition coefficient (Wildman–Crippen LogP) is 2.30. The Hall–Kier alpha value is -0.740. The van der Waals surface area contributed by atoms with Crippen LogP contribution in [0.25, 0.3) is 0 Å². The van der Waals surface area contributed by atoms with Crippen LogP contribution in [-0.2, 0) is 16.0 Å². The Morgan fingerprint density at radius 1 is 1.53 bits per heavy atom. The topological polar surface area (TPSA) is 39.2 Å². The fourth-order valence-electron chi connectivity index (χ4n) is 1.25. The number of rotatable bonds is 5. The van der Waals surface area contributed by atoms with Gasteiger partial charge in [0.1, 0.15) is 11.1 Å². The highest BCUT2D eigenvalue weighted by molar-refractivity contribution is 7.11. The second-order valence-electron chi connectivity index (χ2n) is 3.49. The number of aromatic nitrogens is 1. The number of nitrogens with zero attached hydrogens (tertiary/aromatic N) is 1. The van der Waals surface area contributed by atoms with Crippen LogP contribution in [-0.4, -0.2) is 23.5 Å². The highest BCUT2D eigenvalue weighted by Crippen LogP contribution is 2.17. The first-order valence-electron chi connectivity index (χ1n) is 5.11. The fraction of sp³-hybridized carbons (Fsp3) is 0.636. The average Bonchev–Trinajstić information content (AvgIpc) is 2.46. The van der Waals surface area contributed by atoms with E-state index in [-0.39, 0.29) is 11.9 Å². The van der Waals surface area contributed by atoms with Crippen LogP contribution in [0.1, 0.15) is 29.4 Å². The van der Waals surface area contributed by atoms with Crippen molar-refractivity contribution in [3.63, 3.8) is 0 Å². The molecule has 0 aliphatic carbocycles. The Kier molecular flexibility index (Phi) is 4.42. The molecule has 0 bridgehead atoms. The van der Waals surface area contributed by atoms with Gasteiger partial charge < -0.3 is 4.74 Å². The van der Waals surface area contributed by atoms with Crippen LogP contribution in [0.2, 0.25) is 0 Å². The summed E-state index contributed by atoms with van der Waals surface area (Å²) in [6.45, 7) is 8.24. The molecular weight excluding hydrogens is 210 g/mol. The van der Waals surface area contributed by atoms with E-state index in [4.69, 9.17) is 4.74 Å². The Labute approximate surface area is 94.5 Å². The lowest BCUT2D eigenvalue weighted by molar-refractivity contribution is -0.128. The molecule has 0 aliphatic rings. The van der Waals surface area contributed by atoms with Crippen molar-refractivity contribution < 1.29 is 9.53 Å². The maximum atomic E-state index is 11.7. The molecular formula is C11H17NO2S. The SMILES string of the molecule is CCOC(C)C(=O)Cc1nc(C)c(C)s1. The summed E-state index contributed by atoms with van der Waals surface area (Å²) in [5.74, 6) is 0.102. The molecule has 0 saturated carbocycles. The lowest BCUT2D eigenvalue weighted by Crippen LogP contribution is -2.22. The molecule has 1 aromatic heterocycles. The zero-order chi connectivity index (χ0) is 11.4. The Balaban J connectivity index is 2.58. The predicted molar refractivity (Wildman–Crippen MR) is 61.4 cm³/mol. The van der Waals surface area contributed by atoms with Crippen molar-refractivity contribution in [2.75, 3.05) is 6.61 Å². The van der Waals surface area contributed by atoms with Crippen molar-refractivity contribution in [3.05, 3.63) is 15.6 Å². The second kappa shape index (κ2) is 5.37. The van der Waals surface area contributed by atoms with Crippen LogP contribution < -0.4 is 0 Å². The Bertz CT molecular complexity index is 327. The van der Waals surface area contributed by atoms with E-state index < -0.39 is 0 Å². The summed E-state index contributed by atoms with van der Waals surface area (Å²) >= 11 is 1.59. The minimum absolute atomic E-state index is 0.102. The van der Waals surface area contributed by atoms with E-state index in [0.29, 0.717) is 13.0 Å². The van der Waals surface area contributed by atoms with Crippen LogP contribution in [0.15, 0.2) is 0 Å². The number of carbonyl (C=O) groups excluding carboxylic acids is 1. The fourth-order valence-corrected chi connectivity index (χ4v) is 2.19. The zero-order valence-corrected chi connectivity index (χ0v) is 10.5. The number of carbonyl (C=O) groups is 1. The van der Waals surface area contributed by atoms with E-state index in [2.05, 4.69) is 4.98 Å². The van der Waals surface area contributed by atoms with Crippen molar-refractivity contribution >= 4 is 17.1 Å². The molecule has 0 aromatic carbocycles. The molecule has 1 atom stereocenters. The number of thiazole rings is 1. The van der Waals surface area contributed by atoms with Crippen LogP contribution in [0.5, 0.6) is 0 Å². The monoisotopic (exact) mass is 227 g/mol. The molecule has 0 amide bonds. The van der Waals surface area contributed by atoms with E-state index in [1.54, 1.807) is 18.3 Å². The van der Waals surface area contributed by atoms with Gasteiger partial charge in [0, 0.05) is 11.5 Å². The Morgan fingerprint density at radius 2 is 2.20 bits per heavy atom. The molecule has 0 N–H and O–H groups in total. The van der Waals surface area contributed by atoms with Gasteiger partial charge in [-0.2, -0.15) is 0 Å². The summed E-state index contributed by atoms with van der Waals surface area (Å²) in [7, 11) is 0. The van der Waals surface area contributed by atoms with Gasteiger partial charge in [-0.15, -0.1) is 11.3 Å². The zero-order valence-electron chi connectivity index (χ0n) is 9.66. The average molecular weight is 227 g/mol. The van der Waals surface area contributed by atoms with Gasteiger partial charge >= 0.3 is 0 Å². The number of hydrogen-bond donors (Lipinski definition) is 0. The molecule has 1 heterocycles. The summed E-state index contributed by atoms with van der Waals surface area (Å²) in [5.41, 5.74) is 1.02. The number of hydrogen-bond acceptors (Lipinski definition) is 4. The first-order chi connectivity index (χ1) is 7.04. The van der Waals surface area contributed by atoms with Crippen molar-refractivity contribution in [3.8, 4) is 0 Å². The summed E-state index contributed by atoms with van der Waals surface area (Å²) < 4.78 is 5.24. The maximum Gasteiger partial charge on any atom is 0.168 e. The third-order valence-corrected chi connectivity index (χ3v) is 3.34. The quantitative estimate of drug-likeness (QED) is 0.774. The molecule has 1 aromatic rings. The molecule has 1 rings (SSSR count). The first kappa shape index (κ1) is 12.3. The van der Waals surface area contributed by atoms with E-state index in [1.807, 2.05) is 20.8 Å². The molecule has 3 nitrogen and oxygen atoms in total. The minimum Gasteiger partial charge on any atom is -0.371 e. The van der Waals surface area contributed by atoms with Crippen molar-refractivity contribution in [2.45, 2.75) is 40.2 Å². The van der Waals surface area contributed by atoms with Gasteiger partial charge in [0.25, 0.3) is 0 Å². The number of Topliss-reactive ketones (excluding diaryl/α,β-unsaturated/α-hetero) is 1. The second-order valence-corrected chi connectivity index (χ2v) is 4.78. The molecule has 0 fully saturated rings. The normalized spacial score (nSPS) is 12.8. The van der Waals surface area contributed by atoms with Crippen LogP contribution in [0, 0.1) is 13.8 Å². The third-order valence-electron chi connectivity index (χ3n) is 2.27. The summed E-state index contributed by atoms with van der Waals surface area (Å²) in [6.07, 6.45) is 0.0695. The van der Waals surface area contributed by atoms with E-state index in [1.165, 1.54) is 4.88 Å². The van der Waals surface area contributed by atoms with Crippen molar-refractivity contribution in [1.82, 2.24) is 4.98 Å². The smallest absolute Gasteiger partial charge is 0.168 e. The van der Waals surface area contributed by atoms with Gasteiger partial charge in [-0.1, -0.05) is 0 Å². The standard InChI is InChI=1S/C11H17NO2S/c1-5-14-8(3)10(13)6-11-12-7(2)9(4)15-11/h8H,5-6H2,1-4H3. The van der Waals surface area contributed by atoms with Gasteiger partial charge in [0.05, 0.1) is 12.1 Å². The molecule has 4 heteroatoms. The van der Waals surface area contributed by atoms with Crippen molar-refractivity contribution in [1.29, 1.82) is 0 Å². The van der Waals surface area contributed by atoms with Crippen LogP contribution in [0.4, 0.5) is 0 Å². The van der Waals surface area contributed by atoms with E-state index in [9.17, 15) is 4.79 Å². The molecule has 1 unspecified atom stereocenters. The van der Waals surface area contributed by atoms with Gasteiger partial charge in [-0.25, -0.2) is 4.98 Å². The Morgan fingerprint density at radius 3 is 2.67 bits per heavy atom. The maximum absolute atomic E-state index is 11.7. The van der Waals surface area contributed by atoms with Gasteiger partial charge in [-0.3, -0.25) is 4.79 Å². The molecule has 0 aliphatic heterocycles. The van der Waals surface area contributed by atoms with E-state index in [0.717, 1.165) is 10.7 Å². The minimum atomic E-state index is -0.320. The number of aryl methyl sites for hydroxylation is 2. The molecule has 84 valence electrons. The highest BCUT2D eigenvalue weighted by Gasteiger charge is 2.15. The highest BCUT2D eigenvalue weighted by atomic mass is 32.1. The lowest BCUT2D eigenvalue weighted by Gasteiger charge is -2.08. The van der Waals surface area contributed by atoms with Crippen LogP contribution >= 0.6 is 11.3 Å². The molecule has 0 saturated heterocycles. The molecule has 15 heavy (non-hydrogen) atoms. The molecule has 0 radical (unpaired) electrons. The van der Waals surface area contributed by atoms with E-state index >= 15 is 0 Å². The number of ether oxygens (including phenoxy) is 1. The lowest BCUT2D eigenvalue weighted by atomic mass is 10.2.